The van der Waals surface area contributed by atoms with Gasteiger partial charge in [0.1, 0.15) is 5.76 Å². The van der Waals surface area contributed by atoms with Gasteiger partial charge in [0.2, 0.25) is 0 Å². The van der Waals surface area contributed by atoms with Crippen molar-refractivity contribution in [3.05, 3.63) is 49.1 Å². The van der Waals surface area contributed by atoms with E-state index >= 15 is 0 Å². The maximum atomic E-state index is 6.18. The third-order valence-electron chi connectivity index (χ3n) is 5.93. The average molecular weight is 399 g/mol. The Morgan fingerprint density at radius 1 is 1.10 bits per heavy atom. The minimum Gasteiger partial charge on any atom is -0.452 e. The summed E-state index contributed by atoms with van der Waals surface area (Å²) in [4.78, 5) is 4.38. The smallest absolute Gasteiger partial charge is 0.177 e. The van der Waals surface area contributed by atoms with E-state index in [4.69, 9.17) is 10.2 Å². The first-order chi connectivity index (χ1) is 14.8. The summed E-state index contributed by atoms with van der Waals surface area (Å²) in [6, 6.07) is 8.47. The standard InChI is InChI=1S/C22H21N7O/c23-22-21-17(8-19(30-21)16-3-1-2-13-9-26-28-20(13)16)18(11-25-22)14-10-27-29(12-14)15-4-6-24-7-5-15/h1-3,8-12,15,24H,4-7H2,(H2,23,25)(H,26,28). The highest BCUT2D eigenvalue weighted by atomic mass is 16.3. The van der Waals surface area contributed by atoms with Gasteiger partial charge in [-0.3, -0.25) is 9.78 Å². The van der Waals surface area contributed by atoms with E-state index in [0.29, 0.717) is 17.4 Å². The van der Waals surface area contributed by atoms with Crippen molar-refractivity contribution in [2.24, 2.45) is 0 Å². The van der Waals surface area contributed by atoms with Crippen LogP contribution in [0, 0.1) is 0 Å². The normalized spacial score (nSPS) is 15.3. The molecule has 1 fully saturated rings. The summed E-state index contributed by atoms with van der Waals surface area (Å²) in [5.74, 6) is 1.11. The number of hydrogen-bond donors (Lipinski definition) is 3. The van der Waals surface area contributed by atoms with Crippen molar-refractivity contribution in [3.63, 3.8) is 0 Å². The summed E-state index contributed by atoms with van der Waals surface area (Å²) >= 11 is 0. The quantitative estimate of drug-likeness (QED) is 0.426. The summed E-state index contributed by atoms with van der Waals surface area (Å²) in [5, 5.41) is 17.2. The Labute approximate surface area is 172 Å². The number of nitrogens with two attached hydrogens (primary N) is 1. The second-order valence-corrected chi connectivity index (χ2v) is 7.74. The second kappa shape index (κ2) is 6.70. The molecule has 1 aromatic carbocycles. The van der Waals surface area contributed by atoms with Crippen LogP contribution in [0.2, 0.25) is 0 Å². The number of nitrogens with zero attached hydrogens (tertiary/aromatic N) is 4. The number of furan rings is 1. The van der Waals surface area contributed by atoms with Crippen LogP contribution in [-0.4, -0.2) is 38.1 Å². The van der Waals surface area contributed by atoms with Crippen molar-refractivity contribution < 1.29 is 4.42 Å². The van der Waals surface area contributed by atoms with E-state index in [9.17, 15) is 0 Å². The molecule has 0 amide bonds. The van der Waals surface area contributed by atoms with Gasteiger partial charge in [-0.25, -0.2) is 4.98 Å². The Bertz CT molecular complexity index is 1360. The molecule has 0 aliphatic carbocycles. The van der Waals surface area contributed by atoms with Crippen LogP contribution in [0.15, 0.2) is 53.5 Å². The number of piperidine rings is 1. The molecule has 5 heterocycles. The van der Waals surface area contributed by atoms with Crippen molar-refractivity contribution in [3.8, 4) is 22.5 Å². The third-order valence-corrected chi connectivity index (χ3v) is 5.93. The number of anilines is 1. The van der Waals surface area contributed by atoms with Crippen LogP contribution < -0.4 is 11.1 Å². The fourth-order valence-electron chi connectivity index (χ4n) is 4.33. The highest BCUT2D eigenvalue weighted by molar-refractivity contribution is 6.02. The van der Waals surface area contributed by atoms with Gasteiger partial charge in [0.15, 0.2) is 11.4 Å². The van der Waals surface area contributed by atoms with Gasteiger partial charge < -0.3 is 15.5 Å². The average Bonchev–Trinajstić information content (AvgIpc) is 3.53. The van der Waals surface area contributed by atoms with Crippen LogP contribution in [0.25, 0.3) is 44.3 Å². The SMILES string of the molecule is Nc1ncc(-c2cnn(C3CCNCC3)c2)c2cc(-c3cccc4cn[nH]c34)oc12. The van der Waals surface area contributed by atoms with Gasteiger partial charge in [0, 0.05) is 39.9 Å². The zero-order chi connectivity index (χ0) is 20.1. The minimum atomic E-state index is 0.377. The molecule has 6 rings (SSSR count). The van der Waals surface area contributed by atoms with Gasteiger partial charge in [-0.1, -0.05) is 12.1 Å². The Morgan fingerprint density at radius 2 is 2.00 bits per heavy atom. The van der Waals surface area contributed by atoms with Crippen LogP contribution in [-0.2, 0) is 0 Å². The molecule has 4 N–H and O–H groups in total. The van der Waals surface area contributed by atoms with Crippen LogP contribution in [0.1, 0.15) is 18.9 Å². The zero-order valence-corrected chi connectivity index (χ0v) is 16.3. The number of pyridine rings is 1. The monoisotopic (exact) mass is 399 g/mol. The lowest BCUT2D eigenvalue weighted by molar-refractivity contribution is 0.343. The number of fused-ring (bicyclic) bond motifs is 2. The summed E-state index contributed by atoms with van der Waals surface area (Å²) in [6.45, 7) is 2.05. The summed E-state index contributed by atoms with van der Waals surface area (Å²) in [6.07, 6.45) is 9.78. The molecule has 5 aromatic rings. The number of hydrogen-bond acceptors (Lipinski definition) is 6. The lowest BCUT2D eigenvalue weighted by Gasteiger charge is -2.22. The summed E-state index contributed by atoms with van der Waals surface area (Å²) in [7, 11) is 0. The molecule has 8 nitrogen and oxygen atoms in total. The van der Waals surface area contributed by atoms with Gasteiger partial charge in [-0.2, -0.15) is 10.2 Å². The molecule has 8 heteroatoms. The fraction of sp³-hybridized carbons (Fsp3) is 0.227. The molecule has 0 spiro atoms. The molecule has 150 valence electrons. The van der Waals surface area contributed by atoms with Crippen LogP contribution in [0.5, 0.6) is 0 Å². The first-order valence-corrected chi connectivity index (χ1v) is 10.1. The Kier molecular flexibility index (Phi) is 3.85. The highest BCUT2D eigenvalue weighted by Crippen LogP contribution is 2.38. The zero-order valence-electron chi connectivity index (χ0n) is 16.3. The first-order valence-electron chi connectivity index (χ1n) is 10.1. The maximum absolute atomic E-state index is 6.18. The topological polar surface area (TPSA) is 111 Å². The molecule has 0 radical (unpaired) electrons. The maximum Gasteiger partial charge on any atom is 0.177 e. The Balaban J connectivity index is 1.47. The number of benzene rings is 1. The van der Waals surface area contributed by atoms with Crippen LogP contribution in [0.3, 0.4) is 0 Å². The predicted molar refractivity (Wildman–Crippen MR) is 116 cm³/mol. The molecule has 30 heavy (non-hydrogen) atoms. The van der Waals surface area contributed by atoms with E-state index in [-0.39, 0.29) is 0 Å². The lowest BCUT2D eigenvalue weighted by atomic mass is 10.1. The van der Waals surface area contributed by atoms with Crippen molar-refractivity contribution in [2.75, 3.05) is 18.8 Å². The molecule has 4 aromatic heterocycles. The largest absolute Gasteiger partial charge is 0.452 e. The first kappa shape index (κ1) is 17.2. The molecule has 1 saturated heterocycles. The van der Waals surface area contributed by atoms with Crippen molar-refractivity contribution >= 4 is 27.7 Å². The molecule has 0 bridgehead atoms. The van der Waals surface area contributed by atoms with Gasteiger partial charge >= 0.3 is 0 Å². The summed E-state index contributed by atoms with van der Waals surface area (Å²) in [5.41, 5.74) is 10.6. The molecule has 0 saturated carbocycles. The Morgan fingerprint density at radius 3 is 2.90 bits per heavy atom. The molecular weight excluding hydrogens is 378 g/mol. The summed E-state index contributed by atoms with van der Waals surface area (Å²) < 4.78 is 8.25. The number of aromatic nitrogens is 5. The van der Waals surface area contributed by atoms with Crippen LogP contribution in [0.4, 0.5) is 5.82 Å². The van der Waals surface area contributed by atoms with Crippen molar-refractivity contribution in [2.45, 2.75) is 18.9 Å². The van der Waals surface area contributed by atoms with Crippen molar-refractivity contribution in [1.29, 1.82) is 0 Å². The minimum absolute atomic E-state index is 0.377. The molecular formula is C22H21N7O. The molecule has 0 atom stereocenters. The number of nitrogen functional groups attached to an aromatic ring is 1. The molecule has 1 aliphatic rings. The number of rotatable bonds is 3. The highest BCUT2D eigenvalue weighted by Gasteiger charge is 2.19. The Hall–Kier alpha value is -3.65. The lowest BCUT2D eigenvalue weighted by Crippen LogP contribution is -2.29. The second-order valence-electron chi connectivity index (χ2n) is 7.74. The van der Waals surface area contributed by atoms with Crippen LogP contribution >= 0.6 is 0 Å². The van der Waals surface area contributed by atoms with Crippen molar-refractivity contribution in [1.82, 2.24) is 30.3 Å². The van der Waals surface area contributed by atoms with Gasteiger partial charge in [-0.05, 0) is 38.1 Å². The van der Waals surface area contributed by atoms with E-state index in [1.807, 2.05) is 30.5 Å². The van der Waals surface area contributed by atoms with E-state index in [1.54, 1.807) is 12.4 Å². The third kappa shape index (κ3) is 2.68. The van der Waals surface area contributed by atoms with Gasteiger partial charge in [0.25, 0.3) is 0 Å². The van der Waals surface area contributed by atoms with E-state index < -0.39 is 0 Å². The number of nitrogens with one attached hydrogen (secondary N) is 2. The number of H-pyrrole nitrogens is 1. The molecule has 0 unspecified atom stereocenters. The van der Waals surface area contributed by atoms with Gasteiger partial charge in [-0.15, -0.1) is 0 Å². The van der Waals surface area contributed by atoms with Gasteiger partial charge in [0.05, 0.1) is 24.0 Å². The van der Waals surface area contributed by atoms with E-state index in [2.05, 4.69) is 36.5 Å². The number of aromatic amines is 1. The number of para-hydroxylation sites is 1. The molecule has 1 aliphatic heterocycles. The predicted octanol–water partition coefficient (Wildman–Crippen LogP) is 3.74. The van der Waals surface area contributed by atoms with E-state index in [0.717, 1.165) is 64.7 Å². The van der Waals surface area contributed by atoms with E-state index in [1.165, 1.54) is 0 Å². The fourth-order valence-corrected chi connectivity index (χ4v) is 4.33.